The molecule has 6 rings (SSSR count). The van der Waals surface area contributed by atoms with Gasteiger partial charge in [0.1, 0.15) is 5.75 Å². The fraction of sp³-hybridized carbons (Fsp3) is 0.467. The second-order valence-electron chi connectivity index (χ2n) is 10.9. The quantitative estimate of drug-likeness (QED) is 0.460. The topological polar surface area (TPSA) is 97.3 Å². The number of carbonyl (C=O) groups excluding carboxylic acids is 2. The SMILES string of the molecule is CC[C@]12C=CCN3CC[C@@]4(c5cc(-c6ccccc6)c(OC)cc5NC4[C@@](O)(C(=O)OC)[C@@H]1OC(C)=O)[C@@H]32. The minimum Gasteiger partial charge on any atom is -0.496 e. The molecule has 0 radical (unpaired) electrons. The van der Waals surface area contributed by atoms with Gasteiger partial charge in [-0.05, 0) is 36.6 Å². The number of hydrogen-bond acceptors (Lipinski definition) is 8. The minimum atomic E-state index is -2.14. The first kappa shape index (κ1) is 24.9. The lowest BCUT2D eigenvalue weighted by Crippen LogP contribution is -2.80. The van der Waals surface area contributed by atoms with E-state index >= 15 is 0 Å². The zero-order chi connectivity index (χ0) is 26.9. The Labute approximate surface area is 222 Å². The van der Waals surface area contributed by atoms with Crippen molar-refractivity contribution < 1.29 is 28.9 Å². The molecule has 1 saturated carbocycles. The Bertz CT molecular complexity index is 1330. The number of nitrogens with zero attached hydrogens (tertiary/aromatic N) is 1. The standard InChI is InChI=1S/C30H34N2O6/c1-5-28-12-9-14-32-15-13-29(25(28)32)21-16-20(19-10-7-6-8-11-19)23(36-3)17-22(21)31-24(29)30(35,27(34)37-4)26(28)38-18(2)33/h6-12,16-17,24-26,31,35H,5,13-15H2,1-4H3/t24?,25-,26+,28+,29-,30-/m0/s1. The highest BCUT2D eigenvalue weighted by atomic mass is 16.6. The number of hydrogen-bond donors (Lipinski definition) is 2. The van der Waals surface area contributed by atoms with Crippen LogP contribution in [0.15, 0.2) is 54.6 Å². The van der Waals surface area contributed by atoms with Crippen molar-refractivity contribution in [3.05, 3.63) is 60.2 Å². The van der Waals surface area contributed by atoms with Gasteiger partial charge in [-0.1, -0.05) is 49.4 Å². The number of carbonyl (C=O) groups is 2. The van der Waals surface area contributed by atoms with Crippen LogP contribution in [0.5, 0.6) is 5.75 Å². The number of rotatable bonds is 5. The van der Waals surface area contributed by atoms with Crippen LogP contribution < -0.4 is 10.1 Å². The number of nitrogens with one attached hydrogen (secondary N) is 1. The Morgan fingerprint density at radius 3 is 2.61 bits per heavy atom. The van der Waals surface area contributed by atoms with E-state index in [-0.39, 0.29) is 6.04 Å². The zero-order valence-electron chi connectivity index (χ0n) is 22.2. The van der Waals surface area contributed by atoms with E-state index in [2.05, 4.69) is 28.4 Å². The molecule has 1 aliphatic carbocycles. The fourth-order valence-corrected chi connectivity index (χ4v) is 8.10. The van der Waals surface area contributed by atoms with Crippen molar-refractivity contribution in [2.75, 3.05) is 32.6 Å². The van der Waals surface area contributed by atoms with E-state index < -0.39 is 40.5 Å². The monoisotopic (exact) mass is 518 g/mol. The first-order valence-electron chi connectivity index (χ1n) is 13.2. The van der Waals surface area contributed by atoms with Gasteiger partial charge in [0.05, 0.1) is 20.3 Å². The van der Waals surface area contributed by atoms with Gasteiger partial charge in [0.25, 0.3) is 0 Å². The van der Waals surface area contributed by atoms with E-state index in [0.717, 1.165) is 41.9 Å². The summed E-state index contributed by atoms with van der Waals surface area (Å²) in [5.74, 6) is -0.673. The number of fused-ring (bicyclic) bond motifs is 1. The lowest BCUT2D eigenvalue weighted by Gasteiger charge is -2.62. The number of aliphatic hydroxyl groups is 1. The van der Waals surface area contributed by atoms with E-state index in [9.17, 15) is 14.7 Å². The summed E-state index contributed by atoms with van der Waals surface area (Å²) in [6.45, 7) is 4.88. The Hall–Kier alpha value is -3.36. The van der Waals surface area contributed by atoms with Gasteiger partial charge < -0.3 is 24.6 Å². The third-order valence-electron chi connectivity index (χ3n) is 9.42. The summed E-state index contributed by atoms with van der Waals surface area (Å²) in [6, 6.07) is 13.3. The molecule has 0 amide bonds. The molecule has 2 aromatic carbocycles. The van der Waals surface area contributed by atoms with E-state index in [1.165, 1.54) is 14.0 Å². The lowest BCUT2D eigenvalue weighted by atomic mass is 9.48. The van der Waals surface area contributed by atoms with Crippen LogP contribution in [0.4, 0.5) is 5.69 Å². The molecule has 6 atom stereocenters. The Morgan fingerprint density at radius 1 is 1.18 bits per heavy atom. The summed E-state index contributed by atoms with van der Waals surface area (Å²) in [6.07, 6.45) is 4.28. The van der Waals surface area contributed by atoms with Crippen LogP contribution in [0.3, 0.4) is 0 Å². The molecule has 2 N–H and O–H groups in total. The van der Waals surface area contributed by atoms with Gasteiger partial charge >= 0.3 is 11.9 Å². The average molecular weight is 519 g/mol. The molecule has 1 unspecified atom stereocenters. The van der Waals surface area contributed by atoms with Gasteiger partial charge in [-0.15, -0.1) is 0 Å². The lowest BCUT2D eigenvalue weighted by molar-refractivity contribution is -0.226. The molecule has 2 fully saturated rings. The molecular formula is C30H34N2O6. The van der Waals surface area contributed by atoms with Gasteiger partial charge in [-0.3, -0.25) is 9.69 Å². The highest BCUT2D eigenvalue weighted by Gasteiger charge is 2.79. The molecule has 200 valence electrons. The molecule has 4 aliphatic rings. The van der Waals surface area contributed by atoms with E-state index in [4.69, 9.17) is 14.2 Å². The highest BCUT2D eigenvalue weighted by Crippen LogP contribution is 2.66. The van der Waals surface area contributed by atoms with Crippen molar-refractivity contribution in [1.29, 1.82) is 0 Å². The van der Waals surface area contributed by atoms with Crippen molar-refractivity contribution in [2.24, 2.45) is 5.41 Å². The molecule has 0 bridgehead atoms. The van der Waals surface area contributed by atoms with Crippen molar-refractivity contribution >= 4 is 17.6 Å². The Kier molecular flexibility index (Phi) is 5.63. The summed E-state index contributed by atoms with van der Waals surface area (Å²) in [5.41, 5.74) is 0.207. The minimum absolute atomic E-state index is 0.116. The van der Waals surface area contributed by atoms with Gasteiger partial charge in [-0.2, -0.15) is 0 Å². The second-order valence-corrected chi connectivity index (χ2v) is 10.9. The molecule has 8 heteroatoms. The van der Waals surface area contributed by atoms with E-state index in [1.807, 2.05) is 43.3 Å². The van der Waals surface area contributed by atoms with Crippen LogP contribution in [0.1, 0.15) is 32.3 Å². The smallest absolute Gasteiger partial charge is 0.344 e. The maximum atomic E-state index is 13.6. The third kappa shape index (κ3) is 2.98. The van der Waals surface area contributed by atoms with Crippen molar-refractivity contribution in [3.63, 3.8) is 0 Å². The second kappa shape index (κ2) is 8.58. The summed E-state index contributed by atoms with van der Waals surface area (Å²) in [4.78, 5) is 28.5. The average Bonchev–Trinajstić information content (AvgIpc) is 3.49. The first-order valence-corrected chi connectivity index (χ1v) is 13.2. The fourth-order valence-electron chi connectivity index (χ4n) is 8.10. The number of methoxy groups -OCH3 is 2. The van der Waals surface area contributed by atoms with Gasteiger partial charge in [-0.25, -0.2) is 4.79 Å². The first-order chi connectivity index (χ1) is 18.3. The summed E-state index contributed by atoms with van der Waals surface area (Å²) in [5, 5.41) is 16.1. The number of anilines is 1. The predicted molar refractivity (Wildman–Crippen MR) is 142 cm³/mol. The molecule has 1 spiro atoms. The van der Waals surface area contributed by atoms with Crippen LogP contribution in [0.25, 0.3) is 11.1 Å². The van der Waals surface area contributed by atoms with Gasteiger partial charge in [0.15, 0.2) is 6.10 Å². The molecule has 38 heavy (non-hydrogen) atoms. The largest absolute Gasteiger partial charge is 0.496 e. The summed E-state index contributed by atoms with van der Waals surface area (Å²) < 4.78 is 17.0. The molecule has 8 nitrogen and oxygen atoms in total. The maximum Gasteiger partial charge on any atom is 0.344 e. The van der Waals surface area contributed by atoms with Gasteiger partial charge in [0.2, 0.25) is 5.60 Å². The maximum absolute atomic E-state index is 13.6. The van der Waals surface area contributed by atoms with Crippen LogP contribution in [0, 0.1) is 5.41 Å². The normalized spacial score (nSPS) is 34.5. The summed E-state index contributed by atoms with van der Waals surface area (Å²) in [7, 11) is 2.90. The van der Waals surface area contributed by atoms with Crippen LogP contribution in [-0.4, -0.2) is 73.0 Å². The van der Waals surface area contributed by atoms with Crippen LogP contribution >= 0.6 is 0 Å². The van der Waals surface area contributed by atoms with Gasteiger partial charge in [0, 0.05) is 47.7 Å². The molecular weight excluding hydrogens is 484 g/mol. The predicted octanol–water partition coefficient (Wildman–Crippen LogP) is 3.28. The van der Waals surface area contributed by atoms with E-state index in [1.54, 1.807) is 7.11 Å². The zero-order valence-corrected chi connectivity index (χ0v) is 22.2. The van der Waals surface area contributed by atoms with Crippen LogP contribution in [-0.2, 0) is 24.5 Å². The Morgan fingerprint density at radius 2 is 1.95 bits per heavy atom. The van der Waals surface area contributed by atoms with Crippen molar-refractivity contribution in [2.45, 2.75) is 55.9 Å². The molecule has 1 saturated heterocycles. The third-order valence-corrected chi connectivity index (χ3v) is 9.42. The van der Waals surface area contributed by atoms with Crippen LogP contribution in [0.2, 0.25) is 0 Å². The molecule has 2 aromatic rings. The molecule has 3 heterocycles. The van der Waals surface area contributed by atoms with Crippen molar-refractivity contribution in [3.8, 4) is 16.9 Å². The summed E-state index contributed by atoms with van der Waals surface area (Å²) >= 11 is 0. The molecule has 3 aliphatic heterocycles. The molecule has 0 aromatic heterocycles. The van der Waals surface area contributed by atoms with Crippen molar-refractivity contribution in [1.82, 2.24) is 4.90 Å². The highest BCUT2D eigenvalue weighted by molar-refractivity contribution is 5.88. The number of benzene rings is 2. The number of esters is 2. The number of ether oxygens (including phenoxy) is 3. The van der Waals surface area contributed by atoms with E-state index in [0.29, 0.717) is 12.2 Å². The Balaban J connectivity index is 1.66.